The number of amides is 1. The van der Waals surface area contributed by atoms with Crippen LogP contribution in [0.3, 0.4) is 0 Å². The van der Waals surface area contributed by atoms with Gasteiger partial charge in [0.2, 0.25) is 5.91 Å². The molecule has 0 saturated carbocycles. The fraction of sp³-hybridized carbons (Fsp3) is 0.227. The topological polar surface area (TPSA) is 68.2 Å². The highest BCUT2D eigenvalue weighted by atomic mass is 32.2. The Morgan fingerprint density at radius 1 is 1.00 bits per heavy atom. The smallest absolute Gasteiger partial charge is 0.221 e. The summed E-state index contributed by atoms with van der Waals surface area (Å²) in [5.74, 6) is -0.175. The second-order valence-electron chi connectivity index (χ2n) is 7.04. The van der Waals surface area contributed by atoms with Gasteiger partial charge in [0, 0.05) is 30.1 Å². The molecule has 0 spiro atoms. The number of para-hydroxylation sites is 1. The van der Waals surface area contributed by atoms with Gasteiger partial charge in [-0.25, -0.2) is 8.42 Å². The van der Waals surface area contributed by atoms with Crippen LogP contribution in [-0.4, -0.2) is 25.1 Å². The van der Waals surface area contributed by atoms with Gasteiger partial charge in [-0.3, -0.25) is 4.79 Å². The Morgan fingerprint density at radius 2 is 1.64 bits per heavy atom. The number of carbonyl (C=O) groups is 1. The van der Waals surface area contributed by atoms with Gasteiger partial charge in [-0.15, -0.1) is 0 Å². The van der Waals surface area contributed by atoms with Crippen molar-refractivity contribution in [1.29, 1.82) is 0 Å². The van der Waals surface area contributed by atoms with E-state index in [1.165, 1.54) is 13.2 Å². The summed E-state index contributed by atoms with van der Waals surface area (Å²) in [6.45, 7) is 7.36. The fourth-order valence-corrected chi connectivity index (χ4v) is 4.02. The Morgan fingerprint density at radius 3 is 2.21 bits per heavy atom. The molecule has 5 nitrogen and oxygen atoms in total. The Kier molecular flexibility index (Phi) is 5.17. The number of sulfone groups is 1. The quantitative estimate of drug-likeness (QED) is 0.709. The summed E-state index contributed by atoms with van der Waals surface area (Å²) in [7, 11) is -3.36. The van der Waals surface area contributed by atoms with Gasteiger partial charge < -0.3 is 9.88 Å². The molecule has 0 aliphatic heterocycles. The first-order valence-electron chi connectivity index (χ1n) is 8.97. The Balaban J connectivity index is 2.43. The molecule has 0 bridgehead atoms. The summed E-state index contributed by atoms with van der Waals surface area (Å²) in [5, 5.41) is 2.95. The standard InChI is InChI=1S/C22H24N2O3S/c1-14-11-12-19(28(5,26)27)13-20(14)22-21(23-17(4)25)15(2)16(3)24(22)18-9-7-6-8-10-18/h6-13H,1-5H3,(H,23,25). The predicted molar refractivity (Wildman–Crippen MR) is 113 cm³/mol. The lowest BCUT2D eigenvalue weighted by molar-refractivity contribution is -0.114. The van der Waals surface area contributed by atoms with Crippen molar-refractivity contribution in [3.63, 3.8) is 0 Å². The van der Waals surface area contributed by atoms with E-state index in [4.69, 9.17) is 0 Å². The second-order valence-corrected chi connectivity index (χ2v) is 9.05. The lowest BCUT2D eigenvalue weighted by Gasteiger charge is -2.16. The van der Waals surface area contributed by atoms with E-state index in [2.05, 4.69) is 9.88 Å². The van der Waals surface area contributed by atoms with Gasteiger partial charge in [0.25, 0.3) is 0 Å². The molecule has 0 aliphatic rings. The molecule has 3 rings (SSSR count). The van der Waals surface area contributed by atoms with Gasteiger partial charge >= 0.3 is 0 Å². The minimum absolute atomic E-state index is 0.175. The van der Waals surface area contributed by atoms with Crippen molar-refractivity contribution in [2.24, 2.45) is 0 Å². The van der Waals surface area contributed by atoms with Crippen molar-refractivity contribution in [2.75, 3.05) is 11.6 Å². The van der Waals surface area contributed by atoms with Crippen LogP contribution in [0.4, 0.5) is 5.69 Å². The third-order valence-electron chi connectivity index (χ3n) is 4.92. The zero-order chi connectivity index (χ0) is 20.6. The molecule has 1 amide bonds. The Labute approximate surface area is 165 Å². The molecular formula is C22H24N2O3S. The van der Waals surface area contributed by atoms with E-state index in [1.807, 2.05) is 51.1 Å². The average Bonchev–Trinajstić information content (AvgIpc) is 2.86. The number of hydrogen-bond donors (Lipinski definition) is 1. The number of hydrogen-bond acceptors (Lipinski definition) is 3. The van der Waals surface area contributed by atoms with Crippen molar-refractivity contribution in [2.45, 2.75) is 32.6 Å². The van der Waals surface area contributed by atoms with Gasteiger partial charge in [-0.2, -0.15) is 0 Å². The molecule has 0 saturated heterocycles. The molecule has 6 heteroatoms. The van der Waals surface area contributed by atoms with Crippen LogP contribution >= 0.6 is 0 Å². The molecule has 146 valence electrons. The third kappa shape index (κ3) is 3.60. The van der Waals surface area contributed by atoms with Crippen LogP contribution in [-0.2, 0) is 14.6 Å². The van der Waals surface area contributed by atoms with Crippen LogP contribution in [0.15, 0.2) is 53.4 Å². The molecule has 0 aliphatic carbocycles. The van der Waals surface area contributed by atoms with E-state index < -0.39 is 9.84 Å². The van der Waals surface area contributed by atoms with Crippen LogP contribution in [0.2, 0.25) is 0 Å². The molecule has 1 aromatic heterocycles. The van der Waals surface area contributed by atoms with Crippen LogP contribution in [0, 0.1) is 20.8 Å². The summed E-state index contributed by atoms with van der Waals surface area (Å²) in [6, 6.07) is 14.9. The lowest BCUT2D eigenvalue weighted by atomic mass is 10.0. The zero-order valence-corrected chi connectivity index (χ0v) is 17.5. The summed E-state index contributed by atoms with van der Waals surface area (Å²) in [4.78, 5) is 12.1. The number of nitrogens with one attached hydrogen (secondary N) is 1. The largest absolute Gasteiger partial charge is 0.324 e. The van der Waals surface area contributed by atoms with Crippen molar-refractivity contribution < 1.29 is 13.2 Å². The predicted octanol–water partition coefficient (Wildman–Crippen LogP) is 4.43. The van der Waals surface area contributed by atoms with E-state index in [-0.39, 0.29) is 10.8 Å². The molecule has 0 radical (unpaired) electrons. The number of aryl methyl sites for hydroxylation is 1. The van der Waals surface area contributed by atoms with Gasteiger partial charge in [-0.05, 0) is 56.2 Å². The van der Waals surface area contributed by atoms with Crippen molar-refractivity contribution in [3.05, 3.63) is 65.4 Å². The van der Waals surface area contributed by atoms with E-state index in [0.717, 1.165) is 33.8 Å². The maximum Gasteiger partial charge on any atom is 0.221 e. The monoisotopic (exact) mass is 396 g/mol. The van der Waals surface area contributed by atoms with Crippen LogP contribution in [0.25, 0.3) is 16.9 Å². The molecule has 1 N–H and O–H groups in total. The van der Waals surface area contributed by atoms with Gasteiger partial charge in [-0.1, -0.05) is 24.3 Å². The van der Waals surface area contributed by atoms with Gasteiger partial charge in [0.1, 0.15) is 0 Å². The first kappa shape index (κ1) is 19.9. The van der Waals surface area contributed by atoms with Crippen LogP contribution in [0.5, 0.6) is 0 Å². The molecule has 28 heavy (non-hydrogen) atoms. The number of aromatic nitrogens is 1. The van der Waals surface area contributed by atoms with E-state index in [0.29, 0.717) is 5.69 Å². The fourth-order valence-electron chi connectivity index (χ4n) is 3.38. The maximum absolute atomic E-state index is 12.1. The second kappa shape index (κ2) is 7.28. The first-order valence-corrected chi connectivity index (χ1v) is 10.9. The summed E-state index contributed by atoms with van der Waals surface area (Å²) in [5.41, 5.74) is 6.04. The molecule has 0 atom stereocenters. The number of benzene rings is 2. The molecule has 0 unspecified atom stereocenters. The number of rotatable bonds is 4. The molecule has 2 aromatic carbocycles. The third-order valence-corrected chi connectivity index (χ3v) is 6.03. The van der Waals surface area contributed by atoms with Gasteiger partial charge in [0.05, 0.1) is 16.3 Å². The number of carbonyl (C=O) groups excluding carboxylic acids is 1. The van der Waals surface area contributed by atoms with Crippen molar-refractivity contribution in [3.8, 4) is 16.9 Å². The van der Waals surface area contributed by atoms with Crippen LogP contribution in [0.1, 0.15) is 23.7 Å². The molecular weight excluding hydrogens is 372 g/mol. The minimum Gasteiger partial charge on any atom is -0.324 e. The highest BCUT2D eigenvalue weighted by Gasteiger charge is 2.23. The Hall–Kier alpha value is -2.86. The van der Waals surface area contributed by atoms with E-state index in [1.54, 1.807) is 18.2 Å². The van der Waals surface area contributed by atoms with E-state index >= 15 is 0 Å². The summed E-state index contributed by atoms with van der Waals surface area (Å²) in [6.07, 6.45) is 1.20. The minimum atomic E-state index is -3.36. The maximum atomic E-state index is 12.1. The zero-order valence-electron chi connectivity index (χ0n) is 16.7. The van der Waals surface area contributed by atoms with E-state index in [9.17, 15) is 13.2 Å². The SMILES string of the molecule is CC(=O)Nc1c(C)c(C)n(-c2ccccc2)c1-c1cc(S(C)(=O)=O)ccc1C. The average molecular weight is 397 g/mol. The summed E-state index contributed by atoms with van der Waals surface area (Å²) >= 11 is 0. The Bertz CT molecular complexity index is 1160. The van der Waals surface area contributed by atoms with Crippen LogP contribution < -0.4 is 5.32 Å². The first-order chi connectivity index (χ1) is 13.1. The number of nitrogens with zero attached hydrogens (tertiary/aromatic N) is 1. The number of anilines is 1. The molecule has 3 aromatic rings. The van der Waals surface area contributed by atoms with Gasteiger partial charge in [0.15, 0.2) is 9.84 Å². The normalized spacial score (nSPS) is 11.5. The van der Waals surface area contributed by atoms with Crippen molar-refractivity contribution in [1.82, 2.24) is 4.57 Å². The molecule has 1 heterocycles. The summed E-state index contributed by atoms with van der Waals surface area (Å²) < 4.78 is 26.3. The lowest BCUT2D eigenvalue weighted by Crippen LogP contribution is -2.08. The highest BCUT2D eigenvalue weighted by molar-refractivity contribution is 7.90. The highest BCUT2D eigenvalue weighted by Crippen LogP contribution is 2.40. The van der Waals surface area contributed by atoms with Crippen molar-refractivity contribution >= 4 is 21.4 Å². The molecule has 0 fully saturated rings.